The van der Waals surface area contributed by atoms with Crippen LogP contribution in [0.3, 0.4) is 0 Å². The molecular formula is C91H65BrCl2F3N5O17S4. The predicted molar refractivity (Wildman–Crippen MR) is 475 cm³/mol. The SMILES string of the molecule is COc1ccc2c(c1)c1oc(=O)c(Sc3cccc(C)c3)c(O)c1c(=O)n2C.O=c1oc2c(c(O)c1Sc1ccc(Cl)cc1)c(=O)n(-c1cccc(C(F)(F)F)c1)c1ncccc21.O=c1oc2c(c(O)c1Sc1cccc(Cl)c1)c(=O)n(C1CCCC1)c1ccccc21.O=c1oc2c(c(O)c1Sc1ccccc1Br)c(=O)n(C1CCCC1)c1ccccc21. The zero-order valence-electron chi connectivity index (χ0n) is 64.7. The molecule has 0 radical (unpaired) electrons. The van der Waals surface area contributed by atoms with Gasteiger partial charge in [-0.3, -0.25) is 23.7 Å². The van der Waals surface area contributed by atoms with E-state index in [0.29, 0.717) is 47.3 Å². The van der Waals surface area contributed by atoms with Gasteiger partial charge in [0.15, 0.2) is 51.0 Å². The molecule has 0 bridgehead atoms. The maximum atomic E-state index is 13.6. The van der Waals surface area contributed by atoms with E-state index in [9.17, 15) is 72.0 Å². The van der Waals surface area contributed by atoms with Crippen LogP contribution in [0.5, 0.6) is 28.7 Å². The van der Waals surface area contributed by atoms with E-state index in [-0.39, 0.29) is 121 Å². The number of pyridine rings is 5. The third-order valence-electron chi connectivity index (χ3n) is 21.0. The standard InChI is InChI=1S/C24H12ClF3N2O4S.C23H18BrNO4S.C23H18ClNO4S.C21H17NO5S/c25-13-6-8-15(9-7-13)35-20-18(31)17-19(34-23(20)33)16-5-2-10-29-21(16)30(22(17)32)14-4-1-3-12(11-14)24(26,27)28;24-15-10-4-6-12-17(15)30-21-19(26)18-20(29-23(21)28)14-9-3-5-11-16(14)25(22(18)27)13-7-1-2-8-13;24-13-6-5-9-15(12-13)30-21-19(26)18-20(29-23(21)28)16-10-3-4-11-17(16)25(22(18)27)14-7-1-2-8-14;1-11-5-4-6-13(9-11)28-19-17(23)16-18(27-21(19)25)14-10-12(26-3)7-8-15(14)22(2)20(16)24/h1-11,31H;3-6,9-13,26H,1-2,7-8H2;3-6,9-12,14,26H,1-2,7-8H2;4-10,23H,1-3H3. The third-order valence-corrected chi connectivity index (χ3v) is 26.8. The van der Waals surface area contributed by atoms with Gasteiger partial charge in [0.25, 0.3) is 22.2 Å². The Morgan fingerprint density at radius 2 is 0.919 bits per heavy atom. The van der Waals surface area contributed by atoms with Gasteiger partial charge < -0.3 is 56.5 Å². The molecular weight excluding hydrogens is 1770 g/mol. The van der Waals surface area contributed by atoms with Crippen molar-refractivity contribution < 1.29 is 56.0 Å². The summed E-state index contributed by atoms with van der Waals surface area (Å²) in [4.78, 5) is 111. The van der Waals surface area contributed by atoms with E-state index in [0.717, 1.165) is 152 Å². The highest BCUT2D eigenvalue weighted by molar-refractivity contribution is 9.10. The first-order valence-corrected chi connectivity index (χ1v) is 42.9. The molecule has 19 rings (SSSR count). The summed E-state index contributed by atoms with van der Waals surface area (Å²) in [6.45, 7) is 1.93. The average molecular weight is 1840 g/mol. The summed E-state index contributed by atoms with van der Waals surface area (Å²) in [6, 6.07) is 55.4. The van der Waals surface area contributed by atoms with Gasteiger partial charge in [0.2, 0.25) is 0 Å². The monoisotopic (exact) mass is 1830 g/mol. The normalized spacial score (nSPS) is 13.1. The number of aromatic hydroxyl groups is 4. The van der Waals surface area contributed by atoms with Crippen molar-refractivity contribution in [1.82, 2.24) is 23.3 Å². The highest BCUT2D eigenvalue weighted by atomic mass is 79.9. The number of rotatable bonds is 12. The topological polar surface area (TPSA) is 312 Å². The fourth-order valence-electron chi connectivity index (χ4n) is 15.3. The molecule has 17 aromatic rings. The summed E-state index contributed by atoms with van der Waals surface area (Å²) in [7, 11) is 3.13. The van der Waals surface area contributed by atoms with E-state index in [4.69, 9.17) is 45.6 Å². The molecule has 2 saturated carbocycles. The second-order valence-electron chi connectivity index (χ2n) is 28.7. The van der Waals surface area contributed by atoms with Gasteiger partial charge in [0.05, 0.1) is 40.3 Å². The number of benzene rings is 8. The number of hydrogen-bond acceptors (Lipinski definition) is 22. The van der Waals surface area contributed by atoms with Crippen molar-refractivity contribution in [3.05, 3.63) is 315 Å². The first kappa shape index (κ1) is 84.4. The minimum Gasteiger partial charge on any atom is -0.505 e. The van der Waals surface area contributed by atoms with E-state index in [1.54, 1.807) is 82.9 Å². The molecule has 32 heteroatoms. The van der Waals surface area contributed by atoms with Crippen LogP contribution in [0.15, 0.2) is 306 Å². The van der Waals surface area contributed by atoms with Gasteiger partial charge in [-0.05, 0) is 188 Å². The molecule has 622 valence electrons. The molecule has 2 aliphatic rings. The van der Waals surface area contributed by atoms with E-state index in [2.05, 4.69) is 20.9 Å². The Morgan fingerprint density at radius 1 is 0.455 bits per heavy atom. The van der Waals surface area contributed by atoms with Crippen LogP contribution in [0.2, 0.25) is 10.0 Å². The van der Waals surface area contributed by atoms with Gasteiger partial charge in [-0.1, -0.05) is 162 Å². The summed E-state index contributed by atoms with van der Waals surface area (Å²) in [5, 5.41) is 46.6. The van der Waals surface area contributed by atoms with Crippen LogP contribution < -0.4 is 49.5 Å². The maximum Gasteiger partial charge on any atom is 0.416 e. The molecule has 2 aliphatic carbocycles. The molecule has 8 aromatic carbocycles. The Hall–Kier alpha value is -12.2. The van der Waals surface area contributed by atoms with Crippen LogP contribution in [0, 0.1) is 6.92 Å². The van der Waals surface area contributed by atoms with Gasteiger partial charge in [-0.2, -0.15) is 13.2 Å². The fourth-order valence-corrected chi connectivity index (χ4v) is 19.8. The zero-order valence-corrected chi connectivity index (χ0v) is 71.0. The second kappa shape index (κ2) is 35.0. The first-order valence-electron chi connectivity index (χ1n) is 38.1. The van der Waals surface area contributed by atoms with Gasteiger partial charge in [0, 0.05) is 75.6 Å². The molecule has 0 amide bonds. The van der Waals surface area contributed by atoms with E-state index in [1.165, 1.54) is 36.1 Å². The Balaban J connectivity index is 0.000000122. The Morgan fingerprint density at radius 3 is 1.45 bits per heavy atom. The van der Waals surface area contributed by atoms with Gasteiger partial charge in [-0.25, -0.2) is 24.2 Å². The molecule has 0 atom stereocenters. The molecule has 0 unspecified atom stereocenters. The highest BCUT2D eigenvalue weighted by Crippen LogP contribution is 2.46. The number of hydrogen-bond donors (Lipinski definition) is 4. The summed E-state index contributed by atoms with van der Waals surface area (Å²) in [5.74, 6) is -1.12. The number of aryl methyl sites for hydroxylation is 2. The summed E-state index contributed by atoms with van der Waals surface area (Å²) in [5.41, 5.74) is -2.91. The predicted octanol–water partition coefficient (Wildman–Crippen LogP) is 21.4. The second-order valence-corrected chi connectivity index (χ2v) is 34.8. The average Bonchev–Trinajstić information content (AvgIpc) is 1.76. The Labute approximate surface area is 727 Å². The Kier molecular flexibility index (Phi) is 24.0. The molecule has 0 spiro atoms. The van der Waals surface area contributed by atoms with Crippen molar-refractivity contribution in [1.29, 1.82) is 0 Å². The van der Waals surface area contributed by atoms with Crippen molar-refractivity contribution in [2.75, 3.05) is 7.11 Å². The van der Waals surface area contributed by atoms with Crippen LogP contribution >= 0.6 is 86.2 Å². The lowest BCUT2D eigenvalue weighted by Crippen LogP contribution is -2.25. The highest BCUT2D eigenvalue weighted by Gasteiger charge is 2.34. The first-order chi connectivity index (χ1) is 59.1. The number of alkyl halides is 3. The molecule has 9 aromatic heterocycles. The maximum absolute atomic E-state index is 13.6. The molecule has 9 heterocycles. The number of nitrogens with zero attached hydrogens (tertiary/aromatic N) is 5. The fraction of sp³-hybridized carbons (Fsp3) is 0.154. The minimum atomic E-state index is -4.64. The van der Waals surface area contributed by atoms with Crippen molar-refractivity contribution in [2.45, 2.75) is 116 Å². The summed E-state index contributed by atoms with van der Waals surface area (Å²) >= 11 is 19.4. The third kappa shape index (κ3) is 16.4. The molecule has 22 nitrogen and oxygen atoms in total. The number of aromatic nitrogens is 5. The van der Waals surface area contributed by atoms with Crippen LogP contribution in [0.1, 0.15) is 74.6 Å². The number of halogens is 6. The zero-order chi connectivity index (χ0) is 86.6. The van der Waals surface area contributed by atoms with Crippen LogP contribution in [-0.4, -0.2) is 50.8 Å². The largest absolute Gasteiger partial charge is 0.505 e. The van der Waals surface area contributed by atoms with Gasteiger partial charge >= 0.3 is 28.7 Å². The quantitative estimate of drug-likeness (QED) is 0.0826. The van der Waals surface area contributed by atoms with Crippen molar-refractivity contribution in [3.8, 4) is 34.4 Å². The molecule has 123 heavy (non-hydrogen) atoms. The Bertz CT molecular complexity index is 7700. The lowest BCUT2D eigenvalue weighted by atomic mass is 10.1. The van der Waals surface area contributed by atoms with Crippen LogP contribution in [-0.2, 0) is 13.2 Å². The molecule has 4 N–H and O–H groups in total. The number of methoxy groups -OCH3 is 1. The molecule has 0 aliphatic heterocycles. The van der Waals surface area contributed by atoms with Crippen molar-refractivity contribution >= 4 is 174 Å². The van der Waals surface area contributed by atoms with E-state index < -0.39 is 51.1 Å². The van der Waals surface area contributed by atoms with Gasteiger partial charge in [-0.15, -0.1) is 0 Å². The van der Waals surface area contributed by atoms with E-state index >= 15 is 0 Å². The summed E-state index contributed by atoms with van der Waals surface area (Å²) in [6.07, 6.45) is 4.65. The van der Waals surface area contributed by atoms with Crippen LogP contribution in [0.25, 0.3) is 93.3 Å². The van der Waals surface area contributed by atoms with E-state index in [1.807, 2.05) is 104 Å². The smallest absolute Gasteiger partial charge is 0.416 e. The minimum absolute atomic E-state index is 0.0137. The molecule has 2 fully saturated rings. The van der Waals surface area contributed by atoms with Crippen LogP contribution in [0.4, 0.5) is 13.2 Å². The number of ether oxygens (including phenoxy) is 1. The van der Waals surface area contributed by atoms with Crippen molar-refractivity contribution in [3.63, 3.8) is 0 Å². The lowest BCUT2D eigenvalue weighted by Gasteiger charge is -2.18. The number of para-hydroxylation sites is 2. The van der Waals surface area contributed by atoms with Crippen molar-refractivity contribution in [2.24, 2.45) is 7.05 Å². The molecule has 0 saturated heterocycles. The lowest BCUT2D eigenvalue weighted by molar-refractivity contribution is -0.137. The summed E-state index contributed by atoms with van der Waals surface area (Å²) < 4.78 is 74.1. The van der Waals surface area contributed by atoms with Gasteiger partial charge in [0.1, 0.15) is 46.9 Å². The number of fused-ring (bicyclic) bond motifs is 12.